The van der Waals surface area contributed by atoms with E-state index in [1.165, 1.54) is 103 Å². The Bertz CT molecular complexity index is 1410. The van der Waals surface area contributed by atoms with Crippen molar-refractivity contribution in [2.75, 3.05) is 13.2 Å². The third kappa shape index (κ3) is 29.6. The van der Waals surface area contributed by atoms with Crippen LogP contribution in [0.15, 0.2) is 0 Å². The number of aliphatic hydroxyl groups excluding tert-OH is 1. The largest absolute Gasteiger partial charge is 0.463 e. The maximum absolute atomic E-state index is 13.5. The summed E-state index contributed by atoms with van der Waals surface area (Å²) in [7, 11) is -13.5. The zero-order chi connectivity index (χ0) is 53.0. The average molecular weight is 1100 g/mol. The molecule has 0 bridgehead atoms. The van der Waals surface area contributed by atoms with Gasteiger partial charge in [0, 0.05) is 6.42 Å². The van der Waals surface area contributed by atoms with Crippen LogP contribution in [0.5, 0.6) is 0 Å². The summed E-state index contributed by atoms with van der Waals surface area (Å²) < 4.78 is 69.1. The van der Waals surface area contributed by atoms with Crippen molar-refractivity contribution >= 4 is 55.9 Å². The first-order chi connectivity index (χ1) is 32.3. The fraction of sp³-hybridized carbons (Fsp3) is 0.981. The number of aliphatic hydroxyl groups is 1. The van der Waals surface area contributed by atoms with Gasteiger partial charge in [0.2, 0.25) is 0 Å². The summed E-state index contributed by atoms with van der Waals surface area (Å²) in [6.07, 6.45) is 17.9. The van der Waals surface area contributed by atoms with E-state index < -0.39 is 111 Å². The van der Waals surface area contributed by atoms with E-state index in [1.807, 2.05) is 0 Å². The smallest absolute Gasteiger partial charge is 0.305 e. The van der Waals surface area contributed by atoms with Gasteiger partial charge in [0.25, 0.3) is 0 Å². The Labute approximate surface area is 436 Å². The van der Waals surface area contributed by atoms with Crippen molar-refractivity contribution in [3.63, 3.8) is 0 Å². The van der Waals surface area contributed by atoms with Gasteiger partial charge in [-0.1, -0.05) is 122 Å². The molecule has 0 saturated carbocycles. The lowest BCUT2D eigenvalue weighted by molar-refractivity contribution is -0.368. The number of ether oxygens (including phenoxy) is 4. The molecule has 2 fully saturated rings. The first-order valence-electron chi connectivity index (χ1n) is 28.1. The van der Waals surface area contributed by atoms with Gasteiger partial charge in [-0.2, -0.15) is 0 Å². The van der Waals surface area contributed by atoms with E-state index in [-0.39, 0.29) is 19.2 Å². The summed E-state index contributed by atoms with van der Waals surface area (Å²) in [6, 6.07) is 0. The second kappa shape index (κ2) is 31.6. The Morgan fingerprint density at radius 1 is 0.386 bits per heavy atom. The van der Waals surface area contributed by atoms with Gasteiger partial charge in [-0.3, -0.25) is 4.79 Å². The number of carbonyl (C=O) groups is 1. The highest BCUT2D eigenvalue weighted by atomic mass is 28.4. The Balaban J connectivity index is 2.23. The van der Waals surface area contributed by atoms with Crippen molar-refractivity contribution in [3.8, 4) is 0 Å². The van der Waals surface area contributed by atoms with Crippen LogP contribution in [0.1, 0.15) is 135 Å². The Morgan fingerprint density at radius 3 is 0.971 bits per heavy atom. The van der Waals surface area contributed by atoms with Crippen LogP contribution in [0.4, 0.5) is 0 Å². The number of unbranched alkanes of at least 4 members (excludes halogenated alkanes) is 18. The van der Waals surface area contributed by atoms with Gasteiger partial charge < -0.3 is 50.6 Å². The molecule has 2 rings (SSSR count). The van der Waals surface area contributed by atoms with Gasteiger partial charge in [-0.05, 0) is 124 Å². The number of carbonyl (C=O) groups excluding carboxylic acids is 1. The molecule has 70 heavy (non-hydrogen) atoms. The molecular weight excluding hydrogens is 985 g/mol. The average Bonchev–Trinajstić information content (AvgIpc) is 3.19. The Morgan fingerprint density at radius 2 is 0.657 bits per heavy atom. The van der Waals surface area contributed by atoms with Crippen LogP contribution < -0.4 is 0 Å². The number of hydrogen-bond acceptors (Lipinski definition) is 12. The highest BCUT2D eigenvalue weighted by Crippen LogP contribution is 2.39. The molecule has 2 saturated heterocycles. The lowest BCUT2D eigenvalue weighted by atomic mass is 9.98. The molecule has 0 radical (unpaired) electrons. The van der Waals surface area contributed by atoms with Gasteiger partial charge in [0.1, 0.15) is 55.4 Å². The van der Waals surface area contributed by atoms with Gasteiger partial charge >= 0.3 is 5.97 Å². The molecular formula is C52H112O12Si6. The normalized spacial score (nSPS) is 26.5. The maximum Gasteiger partial charge on any atom is 0.305 e. The van der Waals surface area contributed by atoms with E-state index in [2.05, 4.69) is 125 Å². The maximum atomic E-state index is 13.5. The molecule has 2 heterocycles. The molecule has 416 valence electrons. The number of rotatable bonds is 37. The molecule has 12 nitrogen and oxygen atoms in total. The SMILES string of the molecule is CCCCCCCCCCCCCCCCCCCCCC(=O)OC[C@H]1O[C@H](O[C@H]2O[C@H](CO)[C@@H](O[Si](C)(C)C)[C@H](O[Si](C)(C)C)[C@H]2O[Si](C)(C)C)[C@H](O[Si](C)(C)C)[C@@H](O[Si](C)(C)C)[C@@H]1O[Si](C)(C)C. The molecule has 0 aromatic heterocycles. The van der Waals surface area contributed by atoms with Gasteiger partial charge in [0.05, 0.1) is 6.61 Å². The summed E-state index contributed by atoms with van der Waals surface area (Å²) in [6.45, 7) is 40.6. The lowest BCUT2D eigenvalue weighted by Crippen LogP contribution is -2.69. The molecule has 0 unspecified atom stereocenters. The lowest BCUT2D eigenvalue weighted by Gasteiger charge is -2.53. The van der Waals surface area contributed by atoms with Crippen molar-refractivity contribution in [1.82, 2.24) is 0 Å². The zero-order valence-corrected chi connectivity index (χ0v) is 54.8. The van der Waals surface area contributed by atoms with Crippen molar-refractivity contribution in [2.24, 2.45) is 0 Å². The topological polar surface area (TPSA) is 130 Å². The standard InChI is InChI=1S/C52H112O12Si6/c1-20-21-22-23-24-25-26-27-28-29-30-31-32-33-34-35-36-37-38-39-44(54)55-41-43-46(60-66(5,6)7)48(62-68(11,12)13)50(64-70(17,18)19)52(57-43)58-51-49(63-69(14,15)16)47(61-67(8,9)10)45(42(40-53)56-51)59-65(2,3)4/h42-43,45-53H,20-41H2,1-19H3/t42-,43-,45-,46-,47+,48+,49-,50-,51-,52-/m1/s1. The Hall–Kier alpha value is 0.371. The molecule has 18 heteroatoms. The van der Waals surface area contributed by atoms with Crippen LogP contribution in [-0.2, 0) is 50.3 Å². The summed E-state index contributed by atoms with van der Waals surface area (Å²) in [5.74, 6) is -0.243. The van der Waals surface area contributed by atoms with E-state index in [1.54, 1.807) is 0 Å². The Kier molecular flexibility index (Phi) is 30.0. The molecule has 0 aromatic carbocycles. The highest BCUT2D eigenvalue weighted by Gasteiger charge is 2.57. The fourth-order valence-electron chi connectivity index (χ4n) is 9.24. The molecule has 0 aromatic rings. The molecule has 1 N–H and O–H groups in total. The summed E-state index contributed by atoms with van der Waals surface area (Å²) >= 11 is 0. The van der Waals surface area contributed by atoms with Crippen molar-refractivity contribution in [2.45, 2.75) is 315 Å². The minimum Gasteiger partial charge on any atom is -0.463 e. The van der Waals surface area contributed by atoms with E-state index in [9.17, 15) is 9.90 Å². The van der Waals surface area contributed by atoms with E-state index in [4.69, 9.17) is 45.5 Å². The van der Waals surface area contributed by atoms with E-state index in [0.29, 0.717) is 6.42 Å². The van der Waals surface area contributed by atoms with Gasteiger partial charge in [0.15, 0.2) is 62.5 Å². The molecule has 0 aliphatic carbocycles. The molecule has 10 atom stereocenters. The van der Waals surface area contributed by atoms with E-state index >= 15 is 0 Å². The van der Waals surface area contributed by atoms with Crippen molar-refractivity contribution in [1.29, 1.82) is 0 Å². The third-order valence-corrected chi connectivity index (χ3v) is 17.8. The summed E-state index contributed by atoms with van der Waals surface area (Å²) in [5.41, 5.74) is 0. The fourth-order valence-corrected chi connectivity index (χ4v) is 15.7. The monoisotopic (exact) mass is 1100 g/mol. The highest BCUT2D eigenvalue weighted by molar-refractivity contribution is 6.71. The van der Waals surface area contributed by atoms with Crippen molar-refractivity contribution < 1.29 is 55.4 Å². The van der Waals surface area contributed by atoms with Crippen molar-refractivity contribution in [3.05, 3.63) is 0 Å². The first kappa shape index (κ1) is 66.5. The van der Waals surface area contributed by atoms with Crippen LogP contribution in [-0.4, -0.2) is 136 Å². The second-order valence-corrected chi connectivity index (χ2v) is 53.1. The molecule has 2 aliphatic heterocycles. The second-order valence-electron chi connectivity index (χ2n) is 26.4. The third-order valence-electron chi connectivity index (χ3n) is 12.0. The summed E-state index contributed by atoms with van der Waals surface area (Å²) in [5, 5.41) is 11.0. The molecule has 0 spiro atoms. The van der Waals surface area contributed by atoms with E-state index in [0.717, 1.165) is 19.3 Å². The van der Waals surface area contributed by atoms with Crippen LogP contribution in [0.25, 0.3) is 0 Å². The minimum absolute atomic E-state index is 0.0225. The van der Waals surface area contributed by atoms with Crippen LogP contribution in [0.2, 0.25) is 118 Å². The van der Waals surface area contributed by atoms with Crippen LogP contribution >= 0.6 is 0 Å². The predicted octanol–water partition coefficient (Wildman–Crippen LogP) is 14.1. The number of hydrogen-bond donors (Lipinski definition) is 1. The van der Waals surface area contributed by atoms with Gasteiger partial charge in [-0.25, -0.2) is 0 Å². The first-order valence-corrected chi connectivity index (χ1v) is 48.6. The predicted molar refractivity (Wildman–Crippen MR) is 304 cm³/mol. The quantitative estimate of drug-likeness (QED) is 0.0361. The zero-order valence-electron chi connectivity index (χ0n) is 48.8. The summed E-state index contributed by atoms with van der Waals surface area (Å²) in [4.78, 5) is 13.5. The molecule has 2 aliphatic rings. The van der Waals surface area contributed by atoms with Gasteiger partial charge in [-0.15, -0.1) is 0 Å². The van der Waals surface area contributed by atoms with Crippen LogP contribution in [0.3, 0.4) is 0 Å². The van der Waals surface area contributed by atoms with Crippen LogP contribution in [0, 0.1) is 0 Å². The number of esters is 1. The molecule has 0 amide bonds. The minimum atomic E-state index is -2.31.